The predicted molar refractivity (Wildman–Crippen MR) is 56.4 cm³/mol. The molecule has 1 atom stereocenters. The highest BCUT2D eigenvalue weighted by molar-refractivity contribution is 4.85. The fourth-order valence-electron chi connectivity index (χ4n) is 1.17. The van der Waals surface area contributed by atoms with Crippen LogP contribution in [0.1, 0.15) is 48.0 Å². The average Bonchev–Trinajstić information content (AvgIpc) is 1.84. The molecule has 0 aliphatic heterocycles. The zero-order chi connectivity index (χ0) is 9.99. The van der Waals surface area contributed by atoms with Crippen LogP contribution in [0.25, 0.3) is 0 Å². The first-order valence-electron chi connectivity index (χ1n) is 4.88. The SMILES string of the molecule is CNC(C)CC(C)(C)C(C)(C)C. The van der Waals surface area contributed by atoms with Crippen molar-refractivity contribution in [3.63, 3.8) is 0 Å². The molecule has 0 bridgehead atoms. The van der Waals surface area contributed by atoms with Crippen LogP contribution in [0.5, 0.6) is 0 Å². The molecule has 0 rings (SSSR count). The minimum absolute atomic E-state index is 0.387. The van der Waals surface area contributed by atoms with E-state index in [1.165, 1.54) is 6.42 Å². The Kier molecular flexibility index (Phi) is 3.77. The van der Waals surface area contributed by atoms with Crippen LogP contribution >= 0.6 is 0 Å². The molecule has 1 N–H and O–H groups in total. The second kappa shape index (κ2) is 3.78. The van der Waals surface area contributed by atoms with Gasteiger partial charge in [0.05, 0.1) is 0 Å². The maximum atomic E-state index is 3.29. The van der Waals surface area contributed by atoms with Gasteiger partial charge in [0, 0.05) is 6.04 Å². The number of rotatable bonds is 3. The van der Waals surface area contributed by atoms with E-state index in [4.69, 9.17) is 0 Å². The van der Waals surface area contributed by atoms with E-state index in [9.17, 15) is 0 Å². The van der Waals surface area contributed by atoms with Crippen molar-refractivity contribution in [2.24, 2.45) is 10.8 Å². The van der Waals surface area contributed by atoms with Crippen molar-refractivity contribution >= 4 is 0 Å². The van der Waals surface area contributed by atoms with Crippen LogP contribution in [-0.4, -0.2) is 13.1 Å². The summed E-state index contributed by atoms with van der Waals surface area (Å²) in [4.78, 5) is 0. The Morgan fingerprint density at radius 1 is 1.08 bits per heavy atom. The summed E-state index contributed by atoms with van der Waals surface area (Å²) < 4.78 is 0. The molecule has 0 aliphatic carbocycles. The van der Waals surface area contributed by atoms with Crippen molar-refractivity contribution in [1.82, 2.24) is 5.32 Å². The highest BCUT2D eigenvalue weighted by Gasteiger charge is 2.33. The summed E-state index contributed by atoms with van der Waals surface area (Å²) in [6.07, 6.45) is 1.23. The Balaban J connectivity index is 4.22. The van der Waals surface area contributed by atoms with Gasteiger partial charge in [-0.25, -0.2) is 0 Å². The molecular formula is C11H25N. The highest BCUT2D eigenvalue weighted by Crippen LogP contribution is 2.41. The van der Waals surface area contributed by atoms with Gasteiger partial charge in [0.1, 0.15) is 0 Å². The Morgan fingerprint density at radius 3 is 1.75 bits per heavy atom. The molecule has 0 fully saturated rings. The lowest BCUT2D eigenvalue weighted by Crippen LogP contribution is -2.36. The summed E-state index contributed by atoms with van der Waals surface area (Å²) in [5, 5.41) is 3.29. The van der Waals surface area contributed by atoms with Crippen LogP contribution in [0, 0.1) is 10.8 Å². The molecule has 0 spiro atoms. The summed E-state index contributed by atoms with van der Waals surface area (Å²) >= 11 is 0. The first-order valence-corrected chi connectivity index (χ1v) is 4.88. The smallest absolute Gasteiger partial charge is 0.00410 e. The third-order valence-electron chi connectivity index (χ3n) is 3.34. The van der Waals surface area contributed by atoms with Crippen LogP contribution in [0.4, 0.5) is 0 Å². The summed E-state index contributed by atoms with van der Waals surface area (Å²) in [6, 6.07) is 0.610. The van der Waals surface area contributed by atoms with Crippen molar-refractivity contribution < 1.29 is 0 Å². The van der Waals surface area contributed by atoms with Crippen LogP contribution in [0.3, 0.4) is 0 Å². The molecule has 0 radical (unpaired) electrons. The third-order valence-corrected chi connectivity index (χ3v) is 3.34. The first kappa shape index (κ1) is 12.0. The van der Waals surface area contributed by atoms with Crippen molar-refractivity contribution in [2.75, 3.05) is 7.05 Å². The molecule has 74 valence electrons. The number of nitrogens with one attached hydrogen (secondary N) is 1. The second-order valence-electron chi connectivity index (χ2n) is 5.53. The van der Waals surface area contributed by atoms with Crippen molar-refractivity contribution in [2.45, 2.75) is 54.0 Å². The van der Waals surface area contributed by atoms with Crippen LogP contribution in [0.2, 0.25) is 0 Å². The monoisotopic (exact) mass is 171 g/mol. The van der Waals surface area contributed by atoms with Crippen molar-refractivity contribution in [3.8, 4) is 0 Å². The lowest BCUT2D eigenvalue weighted by atomic mass is 9.66. The molecule has 0 aromatic carbocycles. The van der Waals surface area contributed by atoms with E-state index in [0.29, 0.717) is 16.9 Å². The van der Waals surface area contributed by atoms with Gasteiger partial charge < -0.3 is 5.32 Å². The van der Waals surface area contributed by atoms with E-state index in [2.05, 4.69) is 46.9 Å². The average molecular weight is 171 g/mol. The Labute approximate surface area is 77.9 Å². The van der Waals surface area contributed by atoms with E-state index in [1.807, 2.05) is 7.05 Å². The van der Waals surface area contributed by atoms with E-state index in [0.717, 1.165) is 0 Å². The van der Waals surface area contributed by atoms with Gasteiger partial charge >= 0.3 is 0 Å². The Bertz CT molecular complexity index is 130. The minimum Gasteiger partial charge on any atom is -0.317 e. The third kappa shape index (κ3) is 3.14. The summed E-state index contributed by atoms with van der Waals surface area (Å²) in [5.41, 5.74) is 0.785. The summed E-state index contributed by atoms with van der Waals surface area (Å²) in [7, 11) is 2.03. The fraction of sp³-hybridized carbons (Fsp3) is 1.00. The maximum absolute atomic E-state index is 3.29. The molecule has 1 heteroatoms. The van der Waals surface area contributed by atoms with Crippen LogP contribution < -0.4 is 5.32 Å². The van der Waals surface area contributed by atoms with Gasteiger partial charge in [0.15, 0.2) is 0 Å². The topological polar surface area (TPSA) is 12.0 Å². The maximum Gasteiger partial charge on any atom is 0.00410 e. The summed E-state index contributed by atoms with van der Waals surface area (Å²) in [5.74, 6) is 0. The lowest BCUT2D eigenvalue weighted by Gasteiger charge is -2.40. The van der Waals surface area contributed by atoms with Gasteiger partial charge in [0.2, 0.25) is 0 Å². The standard InChI is InChI=1S/C11H25N/c1-9(12-7)8-11(5,6)10(2,3)4/h9,12H,8H2,1-7H3. The van der Waals surface area contributed by atoms with Gasteiger partial charge in [-0.3, -0.25) is 0 Å². The van der Waals surface area contributed by atoms with E-state index < -0.39 is 0 Å². The van der Waals surface area contributed by atoms with Gasteiger partial charge in [-0.2, -0.15) is 0 Å². The molecule has 0 aliphatic rings. The molecular weight excluding hydrogens is 146 g/mol. The van der Waals surface area contributed by atoms with Gasteiger partial charge in [-0.1, -0.05) is 34.6 Å². The number of hydrogen-bond acceptors (Lipinski definition) is 1. The van der Waals surface area contributed by atoms with Gasteiger partial charge in [-0.05, 0) is 31.2 Å². The van der Waals surface area contributed by atoms with Gasteiger partial charge in [0.25, 0.3) is 0 Å². The molecule has 0 saturated carbocycles. The zero-order valence-electron chi connectivity index (χ0n) is 9.78. The normalized spacial score (nSPS) is 16.2. The Morgan fingerprint density at radius 2 is 1.50 bits per heavy atom. The molecule has 0 aromatic heterocycles. The van der Waals surface area contributed by atoms with Crippen molar-refractivity contribution in [1.29, 1.82) is 0 Å². The van der Waals surface area contributed by atoms with E-state index in [1.54, 1.807) is 0 Å². The Hall–Kier alpha value is -0.0400. The second-order valence-corrected chi connectivity index (χ2v) is 5.53. The predicted octanol–water partition coefficient (Wildman–Crippen LogP) is 3.06. The quantitative estimate of drug-likeness (QED) is 0.688. The molecule has 1 nitrogen and oxygen atoms in total. The van der Waals surface area contributed by atoms with Crippen LogP contribution in [-0.2, 0) is 0 Å². The number of hydrogen-bond donors (Lipinski definition) is 1. The van der Waals surface area contributed by atoms with E-state index >= 15 is 0 Å². The lowest BCUT2D eigenvalue weighted by molar-refractivity contribution is 0.107. The zero-order valence-corrected chi connectivity index (χ0v) is 9.78. The van der Waals surface area contributed by atoms with Gasteiger partial charge in [-0.15, -0.1) is 0 Å². The van der Waals surface area contributed by atoms with Crippen LogP contribution in [0.15, 0.2) is 0 Å². The van der Waals surface area contributed by atoms with E-state index in [-0.39, 0.29) is 0 Å². The molecule has 0 amide bonds. The fourth-order valence-corrected chi connectivity index (χ4v) is 1.17. The summed E-state index contributed by atoms with van der Waals surface area (Å²) in [6.45, 7) is 13.9. The molecule has 12 heavy (non-hydrogen) atoms. The molecule has 0 aromatic rings. The minimum atomic E-state index is 0.387. The first-order chi connectivity index (χ1) is 5.20. The highest BCUT2D eigenvalue weighted by atomic mass is 14.9. The molecule has 1 unspecified atom stereocenters. The van der Waals surface area contributed by atoms with Crippen molar-refractivity contribution in [3.05, 3.63) is 0 Å². The molecule has 0 saturated heterocycles. The molecule has 0 heterocycles. The largest absolute Gasteiger partial charge is 0.317 e.